The number of hydrogen-bond acceptors (Lipinski definition) is 5. The molecule has 7 nitrogen and oxygen atoms in total. The minimum Gasteiger partial charge on any atom is -0.497 e. The Morgan fingerprint density at radius 1 is 1.06 bits per heavy atom. The first kappa shape index (κ1) is 21.6. The van der Waals surface area contributed by atoms with Gasteiger partial charge in [-0.3, -0.25) is 9.10 Å². The van der Waals surface area contributed by atoms with E-state index in [1.807, 2.05) is 0 Å². The average molecular weight is 460 g/mol. The Kier molecular flexibility index (Phi) is 5.70. The van der Waals surface area contributed by atoms with Crippen LogP contribution in [0.25, 0.3) is 0 Å². The number of rotatable bonds is 5. The van der Waals surface area contributed by atoms with E-state index in [0.717, 1.165) is 16.4 Å². The first-order valence-electron chi connectivity index (χ1n) is 9.48. The SMILES string of the molecule is COc1ccc(S(=O)(=O)N2C[C@@H](C(=O)Nc3ccc(F)c(F)c3)Oc3ccccc32)cc1. The quantitative estimate of drug-likeness (QED) is 0.629. The Labute approximate surface area is 183 Å². The van der Waals surface area contributed by atoms with Gasteiger partial charge in [0.2, 0.25) is 0 Å². The third-order valence-electron chi connectivity index (χ3n) is 4.86. The van der Waals surface area contributed by atoms with Crippen LogP contribution in [0.2, 0.25) is 0 Å². The van der Waals surface area contributed by atoms with Crippen molar-refractivity contribution < 1.29 is 31.5 Å². The minimum absolute atomic E-state index is 0.00904. The highest BCUT2D eigenvalue weighted by molar-refractivity contribution is 7.92. The van der Waals surface area contributed by atoms with Gasteiger partial charge in [0.15, 0.2) is 17.7 Å². The van der Waals surface area contributed by atoms with Crippen molar-refractivity contribution in [1.29, 1.82) is 0 Å². The fourth-order valence-electron chi connectivity index (χ4n) is 3.24. The van der Waals surface area contributed by atoms with Crippen LogP contribution in [0, 0.1) is 11.6 Å². The van der Waals surface area contributed by atoms with E-state index in [-0.39, 0.29) is 28.6 Å². The molecule has 1 aliphatic rings. The van der Waals surface area contributed by atoms with Crippen LogP contribution in [-0.2, 0) is 14.8 Å². The molecule has 3 aromatic carbocycles. The van der Waals surface area contributed by atoms with Gasteiger partial charge >= 0.3 is 0 Å². The van der Waals surface area contributed by atoms with Crippen LogP contribution in [0.4, 0.5) is 20.2 Å². The van der Waals surface area contributed by atoms with Crippen molar-refractivity contribution in [3.63, 3.8) is 0 Å². The molecule has 1 aliphatic heterocycles. The first-order chi connectivity index (χ1) is 15.3. The number of halogens is 2. The molecule has 0 unspecified atom stereocenters. The summed E-state index contributed by atoms with van der Waals surface area (Å²) < 4.78 is 65.2. The number of carbonyl (C=O) groups is 1. The van der Waals surface area contributed by atoms with Crippen LogP contribution in [0.5, 0.6) is 11.5 Å². The van der Waals surface area contributed by atoms with E-state index in [1.165, 1.54) is 37.4 Å². The van der Waals surface area contributed by atoms with Crippen molar-refractivity contribution >= 4 is 27.3 Å². The lowest BCUT2D eigenvalue weighted by atomic mass is 10.2. The summed E-state index contributed by atoms with van der Waals surface area (Å²) in [5, 5.41) is 2.43. The lowest BCUT2D eigenvalue weighted by molar-refractivity contribution is -0.122. The van der Waals surface area contributed by atoms with Gasteiger partial charge in [-0.1, -0.05) is 12.1 Å². The highest BCUT2D eigenvalue weighted by Crippen LogP contribution is 2.37. The highest BCUT2D eigenvalue weighted by atomic mass is 32.2. The van der Waals surface area contributed by atoms with Gasteiger partial charge in [0.25, 0.3) is 15.9 Å². The molecule has 0 radical (unpaired) electrons. The van der Waals surface area contributed by atoms with Gasteiger partial charge in [-0.25, -0.2) is 17.2 Å². The number of ether oxygens (including phenoxy) is 2. The number of benzene rings is 3. The van der Waals surface area contributed by atoms with E-state index < -0.39 is 33.7 Å². The predicted molar refractivity (Wildman–Crippen MR) is 113 cm³/mol. The number of fused-ring (bicyclic) bond motifs is 1. The first-order valence-corrected chi connectivity index (χ1v) is 10.9. The summed E-state index contributed by atoms with van der Waals surface area (Å²) in [5.74, 6) is -2.19. The molecule has 1 amide bonds. The number of para-hydroxylation sites is 2. The number of sulfonamides is 1. The zero-order chi connectivity index (χ0) is 22.9. The molecule has 0 aliphatic carbocycles. The monoisotopic (exact) mass is 460 g/mol. The Balaban J connectivity index is 1.65. The molecule has 0 bridgehead atoms. The van der Waals surface area contributed by atoms with E-state index >= 15 is 0 Å². The van der Waals surface area contributed by atoms with Crippen LogP contribution in [0.1, 0.15) is 0 Å². The van der Waals surface area contributed by atoms with Crippen molar-refractivity contribution in [1.82, 2.24) is 0 Å². The second kappa shape index (κ2) is 8.46. The molecular formula is C22H18F2N2O5S. The highest BCUT2D eigenvalue weighted by Gasteiger charge is 2.37. The molecule has 32 heavy (non-hydrogen) atoms. The summed E-state index contributed by atoms with van der Waals surface area (Å²) in [5.41, 5.74) is 0.293. The fraction of sp³-hybridized carbons (Fsp3) is 0.136. The van der Waals surface area contributed by atoms with Crippen molar-refractivity contribution in [2.75, 3.05) is 23.3 Å². The zero-order valence-electron chi connectivity index (χ0n) is 16.8. The van der Waals surface area contributed by atoms with Crippen LogP contribution in [0.15, 0.2) is 71.6 Å². The number of amides is 1. The summed E-state index contributed by atoms with van der Waals surface area (Å²) in [6.07, 6.45) is -1.23. The van der Waals surface area contributed by atoms with Crippen LogP contribution in [0.3, 0.4) is 0 Å². The maximum atomic E-state index is 13.5. The second-order valence-corrected chi connectivity index (χ2v) is 8.77. The number of methoxy groups -OCH3 is 1. The van der Waals surface area contributed by atoms with Gasteiger partial charge < -0.3 is 14.8 Å². The average Bonchev–Trinajstić information content (AvgIpc) is 2.80. The van der Waals surface area contributed by atoms with Crippen LogP contribution in [-0.4, -0.2) is 34.1 Å². The molecule has 0 saturated carbocycles. The van der Waals surface area contributed by atoms with E-state index in [4.69, 9.17) is 9.47 Å². The molecule has 166 valence electrons. The summed E-state index contributed by atoms with van der Waals surface area (Å²) in [7, 11) is -2.57. The van der Waals surface area contributed by atoms with Crippen LogP contribution >= 0.6 is 0 Å². The third kappa shape index (κ3) is 4.09. The number of nitrogens with zero attached hydrogens (tertiary/aromatic N) is 1. The molecule has 0 spiro atoms. The van der Waals surface area contributed by atoms with Crippen molar-refractivity contribution in [2.45, 2.75) is 11.0 Å². The number of nitrogens with one attached hydrogen (secondary N) is 1. The van der Waals surface area contributed by atoms with Crippen molar-refractivity contribution in [3.05, 3.63) is 78.4 Å². The molecule has 1 N–H and O–H groups in total. The molecule has 0 fully saturated rings. The molecular weight excluding hydrogens is 442 g/mol. The number of carbonyl (C=O) groups excluding carboxylic acids is 1. The van der Waals surface area contributed by atoms with Crippen molar-refractivity contribution in [2.24, 2.45) is 0 Å². The smallest absolute Gasteiger partial charge is 0.267 e. The van der Waals surface area contributed by atoms with E-state index in [1.54, 1.807) is 24.3 Å². The maximum absolute atomic E-state index is 13.5. The third-order valence-corrected chi connectivity index (χ3v) is 6.66. The minimum atomic E-state index is -4.04. The van der Waals surface area contributed by atoms with Gasteiger partial charge in [-0.15, -0.1) is 0 Å². The molecule has 10 heteroatoms. The fourth-order valence-corrected chi connectivity index (χ4v) is 4.71. The van der Waals surface area contributed by atoms with Gasteiger partial charge in [-0.2, -0.15) is 0 Å². The molecule has 0 aromatic heterocycles. The summed E-state index contributed by atoms with van der Waals surface area (Å²) >= 11 is 0. The standard InChI is InChI=1S/C22H18F2N2O5S/c1-30-15-7-9-16(10-8-15)32(28,29)26-13-21(31-20-5-3-2-4-19(20)26)22(27)25-14-6-11-17(23)18(24)12-14/h2-12,21H,13H2,1H3,(H,25,27)/t21-/m0/s1. The Bertz CT molecular complexity index is 1270. The van der Waals surface area contributed by atoms with Gasteiger partial charge in [0, 0.05) is 11.8 Å². The van der Waals surface area contributed by atoms with E-state index in [9.17, 15) is 22.0 Å². The molecule has 1 atom stereocenters. The summed E-state index contributed by atoms with van der Waals surface area (Å²) in [4.78, 5) is 12.8. The molecule has 1 heterocycles. The normalized spacial score (nSPS) is 15.5. The van der Waals surface area contributed by atoms with Gasteiger partial charge in [-0.05, 0) is 48.5 Å². The predicted octanol–water partition coefficient (Wildman–Crippen LogP) is 3.57. The largest absolute Gasteiger partial charge is 0.497 e. The zero-order valence-corrected chi connectivity index (χ0v) is 17.6. The molecule has 3 aromatic rings. The Hall–Kier alpha value is -3.66. The van der Waals surface area contributed by atoms with Gasteiger partial charge in [0.1, 0.15) is 11.5 Å². The second-order valence-electron chi connectivity index (χ2n) is 6.90. The number of hydrogen-bond donors (Lipinski definition) is 1. The summed E-state index contributed by atoms with van der Waals surface area (Å²) in [6, 6.07) is 15.2. The molecule has 4 rings (SSSR count). The topological polar surface area (TPSA) is 84.9 Å². The van der Waals surface area contributed by atoms with Crippen molar-refractivity contribution in [3.8, 4) is 11.5 Å². The Morgan fingerprint density at radius 3 is 2.47 bits per heavy atom. The molecule has 0 saturated heterocycles. The summed E-state index contributed by atoms with van der Waals surface area (Å²) in [6.45, 7) is -0.319. The van der Waals surface area contributed by atoms with Gasteiger partial charge in [0.05, 0.1) is 24.2 Å². The maximum Gasteiger partial charge on any atom is 0.267 e. The number of anilines is 2. The van der Waals surface area contributed by atoms with E-state index in [0.29, 0.717) is 5.75 Å². The Morgan fingerprint density at radius 2 is 1.78 bits per heavy atom. The van der Waals surface area contributed by atoms with E-state index in [2.05, 4.69) is 5.32 Å². The lowest BCUT2D eigenvalue weighted by Crippen LogP contribution is -2.48. The van der Waals surface area contributed by atoms with Crippen LogP contribution < -0.4 is 19.1 Å². The lowest BCUT2D eigenvalue weighted by Gasteiger charge is -2.34.